The molecule has 0 radical (unpaired) electrons. The molecule has 1 amide bonds. The van der Waals surface area contributed by atoms with Gasteiger partial charge in [0.15, 0.2) is 0 Å². The topological polar surface area (TPSA) is 55.1 Å². The molecule has 1 fully saturated rings. The third kappa shape index (κ3) is 4.43. The zero-order valence-electron chi connectivity index (χ0n) is 9.66. The lowest BCUT2D eigenvalue weighted by Gasteiger charge is -2.23. The molecular weight excluding hydrogens is 208 g/mol. The molecule has 1 aliphatic rings. The van der Waals surface area contributed by atoms with Crippen molar-refractivity contribution >= 4 is 17.7 Å². The highest BCUT2D eigenvalue weighted by Crippen LogP contribution is 2.24. The Kier molecular flexibility index (Phi) is 5.47. The maximum absolute atomic E-state index is 11.6. The molecule has 3 nitrogen and oxygen atoms in total. The Labute approximate surface area is 96.6 Å². The van der Waals surface area contributed by atoms with E-state index in [9.17, 15) is 4.79 Å². The summed E-state index contributed by atoms with van der Waals surface area (Å²) in [7, 11) is 0. The first-order valence-corrected chi connectivity index (χ1v) is 6.81. The standard InChI is InChI=1S/C11H22N2OS/c1-8(2)10(12)11(14)13-7-9-5-3-4-6-15-9/h8-10H,3-7,12H2,1-2H3,(H,13,14)/t9?,10-/m0/s1. The van der Waals surface area contributed by atoms with Crippen molar-refractivity contribution in [1.82, 2.24) is 5.32 Å². The number of amides is 1. The number of hydrogen-bond acceptors (Lipinski definition) is 3. The highest BCUT2D eigenvalue weighted by molar-refractivity contribution is 7.99. The third-order valence-corrected chi connectivity index (χ3v) is 4.20. The van der Waals surface area contributed by atoms with E-state index in [2.05, 4.69) is 5.32 Å². The van der Waals surface area contributed by atoms with Crippen LogP contribution >= 0.6 is 11.8 Å². The van der Waals surface area contributed by atoms with Crippen LogP contribution in [-0.2, 0) is 4.79 Å². The molecule has 0 aromatic carbocycles. The second-order valence-electron chi connectivity index (χ2n) is 4.50. The number of nitrogens with two attached hydrogens (primary N) is 1. The van der Waals surface area contributed by atoms with Crippen molar-refractivity contribution < 1.29 is 4.79 Å². The zero-order chi connectivity index (χ0) is 11.3. The number of nitrogens with one attached hydrogen (secondary N) is 1. The SMILES string of the molecule is CC(C)[C@H](N)C(=O)NCC1CCCCS1. The van der Waals surface area contributed by atoms with Gasteiger partial charge in [-0.2, -0.15) is 11.8 Å². The highest BCUT2D eigenvalue weighted by Gasteiger charge is 2.19. The van der Waals surface area contributed by atoms with Crippen LogP contribution in [0.3, 0.4) is 0 Å². The largest absolute Gasteiger partial charge is 0.354 e. The van der Waals surface area contributed by atoms with Crippen molar-refractivity contribution in [3.8, 4) is 0 Å². The number of rotatable bonds is 4. The molecule has 4 heteroatoms. The second-order valence-corrected chi connectivity index (χ2v) is 5.91. The van der Waals surface area contributed by atoms with Gasteiger partial charge >= 0.3 is 0 Å². The molecule has 0 bridgehead atoms. The van der Waals surface area contributed by atoms with Crippen molar-refractivity contribution in [2.45, 2.75) is 44.4 Å². The van der Waals surface area contributed by atoms with Gasteiger partial charge in [0, 0.05) is 11.8 Å². The van der Waals surface area contributed by atoms with E-state index < -0.39 is 0 Å². The number of thioether (sulfide) groups is 1. The average molecular weight is 230 g/mol. The first-order valence-electron chi connectivity index (χ1n) is 5.76. The Morgan fingerprint density at radius 2 is 2.27 bits per heavy atom. The Bertz CT molecular complexity index is 203. The molecule has 1 rings (SSSR count). The van der Waals surface area contributed by atoms with Crippen molar-refractivity contribution in [1.29, 1.82) is 0 Å². The molecule has 2 atom stereocenters. The normalized spacial score (nSPS) is 23.9. The fourth-order valence-electron chi connectivity index (χ4n) is 1.60. The molecule has 15 heavy (non-hydrogen) atoms. The lowest BCUT2D eigenvalue weighted by Crippen LogP contribution is -2.45. The van der Waals surface area contributed by atoms with E-state index >= 15 is 0 Å². The molecule has 1 saturated heterocycles. The van der Waals surface area contributed by atoms with E-state index in [1.807, 2.05) is 25.6 Å². The first kappa shape index (κ1) is 12.8. The third-order valence-electron chi connectivity index (χ3n) is 2.80. The molecule has 0 aliphatic carbocycles. The number of carbonyl (C=O) groups is 1. The smallest absolute Gasteiger partial charge is 0.237 e. The summed E-state index contributed by atoms with van der Waals surface area (Å²) in [5, 5.41) is 3.55. The molecule has 1 aliphatic heterocycles. The maximum Gasteiger partial charge on any atom is 0.237 e. The molecular formula is C11H22N2OS. The van der Waals surface area contributed by atoms with Gasteiger partial charge < -0.3 is 11.1 Å². The Hall–Kier alpha value is -0.220. The summed E-state index contributed by atoms with van der Waals surface area (Å²) < 4.78 is 0. The van der Waals surface area contributed by atoms with Crippen molar-refractivity contribution in [3.05, 3.63) is 0 Å². The van der Waals surface area contributed by atoms with E-state index in [-0.39, 0.29) is 17.9 Å². The first-order chi connectivity index (χ1) is 7.11. The van der Waals surface area contributed by atoms with Gasteiger partial charge in [0.1, 0.15) is 0 Å². The van der Waals surface area contributed by atoms with E-state index in [4.69, 9.17) is 5.73 Å². The highest BCUT2D eigenvalue weighted by atomic mass is 32.2. The average Bonchev–Trinajstić information content (AvgIpc) is 2.26. The fourth-order valence-corrected chi connectivity index (χ4v) is 2.84. The lowest BCUT2D eigenvalue weighted by molar-refractivity contribution is -0.123. The zero-order valence-corrected chi connectivity index (χ0v) is 10.5. The minimum Gasteiger partial charge on any atom is -0.354 e. The van der Waals surface area contributed by atoms with Gasteiger partial charge in [-0.15, -0.1) is 0 Å². The van der Waals surface area contributed by atoms with Crippen molar-refractivity contribution in [2.75, 3.05) is 12.3 Å². The molecule has 1 unspecified atom stereocenters. The Morgan fingerprint density at radius 3 is 2.80 bits per heavy atom. The molecule has 0 saturated carbocycles. The van der Waals surface area contributed by atoms with Crippen LogP contribution < -0.4 is 11.1 Å². The molecule has 1 heterocycles. The summed E-state index contributed by atoms with van der Waals surface area (Å²) in [5.41, 5.74) is 5.76. The Morgan fingerprint density at radius 1 is 1.53 bits per heavy atom. The van der Waals surface area contributed by atoms with Gasteiger partial charge in [-0.25, -0.2) is 0 Å². The summed E-state index contributed by atoms with van der Waals surface area (Å²) in [6, 6.07) is -0.362. The maximum atomic E-state index is 11.6. The minimum atomic E-state index is -0.362. The van der Waals surface area contributed by atoms with E-state index in [1.54, 1.807) is 0 Å². The lowest BCUT2D eigenvalue weighted by atomic mass is 10.0. The van der Waals surface area contributed by atoms with Gasteiger partial charge in [-0.3, -0.25) is 4.79 Å². The van der Waals surface area contributed by atoms with Crippen LogP contribution in [0.4, 0.5) is 0 Å². The van der Waals surface area contributed by atoms with Crippen LogP contribution in [0.2, 0.25) is 0 Å². The summed E-state index contributed by atoms with van der Waals surface area (Å²) >= 11 is 1.97. The summed E-state index contributed by atoms with van der Waals surface area (Å²) in [5.74, 6) is 1.44. The number of hydrogen-bond donors (Lipinski definition) is 2. The quantitative estimate of drug-likeness (QED) is 0.767. The molecule has 0 spiro atoms. The molecule has 88 valence electrons. The van der Waals surface area contributed by atoms with E-state index in [0.29, 0.717) is 5.25 Å². The predicted octanol–water partition coefficient (Wildman–Crippen LogP) is 1.37. The van der Waals surface area contributed by atoms with Gasteiger partial charge in [0.25, 0.3) is 0 Å². The second kappa shape index (κ2) is 6.38. The summed E-state index contributed by atoms with van der Waals surface area (Å²) in [6.07, 6.45) is 3.84. The molecule has 0 aromatic heterocycles. The van der Waals surface area contributed by atoms with E-state index in [1.165, 1.54) is 25.0 Å². The summed E-state index contributed by atoms with van der Waals surface area (Å²) in [4.78, 5) is 11.6. The fraction of sp³-hybridized carbons (Fsp3) is 0.909. The van der Waals surface area contributed by atoms with E-state index in [0.717, 1.165) is 6.54 Å². The van der Waals surface area contributed by atoms with Crippen LogP contribution in [-0.4, -0.2) is 29.5 Å². The van der Waals surface area contributed by atoms with Gasteiger partial charge in [0.05, 0.1) is 6.04 Å². The molecule has 0 aromatic rings. The van der Waals surface area contributed by atoms with Crippen molar-refractivity contribution in [3.63, 3.8) is 0 Å². The molecule has 3 N–H and O–H groups in total. The monoisotopic (exact) mass is 230 g/mol. The Balaban J connectivity index is 2.20. The minimum absolute atomic E-state index is 0.00354. The van der Waals surface area contributed by atoms with Crippen LogP contribution in [0.25, 0.3) is 0 Å². The van der Waals surface area contributed by atoms with Crippen molar-refractivity contribution in [2.24, 2.45) is 11.7 Å². The van der Waals surface area contributed by atoms with Crippen LogP contribution in [0.5, 0.6) is 0 Å². The van der Waals surface area contributed by atoms with Crippen LogP contribution in [0.15, 0.2) is 0 Å². The van der Waals surface area contributed by atoms with Gasteiger partial charge in [-0.1, -0.05) is 20.3 Å². The van der Waals surface area contributed by atoms with Crippen LogP contribution in [0.1, 0.15) is 33.1 Å². The predicted molar refractivity (Wildman–Crippen MR) is 65.9 cm³/mol. The summed E-state index contributed by atoms with van der Waals surface area (Å²) in [6.45, 7) is 4.73. The number of carbonyl (C=O) groups excluding carboxylic acids is 1. The van der Waals surface area contributed by atoms with Gasteiger partial charge in [-0.05, 0) is 24.5 Å². The van der Waals surface area contributed by atoms with Crippen LogP contribution in [0, 0.1) is 5.92 Å². The van der Waals surface area contributed by atoms with Gasteiger partial charge in [0.2, 0.25) is 5.91 Å².